The Morgan fingerprint density at radius 3 is 2.27 bits per heavy atom. The lowest BCUT2D eigenvalue weighted by Crippen LogP contribution is -2.20. The summed E-state index contributed by atoms with van der Waals surface area (Å²) < 4.78 is 7.44. The summed E-state index contributed by atoms with van der Waals surface area (Å²) in [5.74, 6) is 0.519. The summed E-state index contributed by atoms with van der Waals surface area (Å²) in [7, 11) is 0. The molecule has 130 valence electrons. The quantitative estimate of drug-likeness (QED) is 0.433. The molecule has 2 aromatic heterocycles. The standard InChI is InChI=1S/C21H19N3O2/c1-15(20-11-6-14-26-20)22-23-21(25)12-13-24-18-9-4-2-7-16(18)17-8-3-5-10-19(17)24/h2-11,14H,12-13H2,1H3,(H,23,25). The van der Waals surface area contributed by atoms with Crippen molar-refractivity contribution >= 4 is 33.4 Å². The number of hydrogen-bond donors (Lipinski definition) is 1. The van der Waals surface area contributed by atoms with Crippen molar-refractivity contribution in [2.75, 3.05) is 0 Å². The second kappa shape index (κ2) is 6.88. The molecule has 0 saturated heterocycles. The van der Waals surface area contributed by atoms with Gasteiger partial charge in [-0.25, -0.2) is 5.43 Å². The van der Waals surface area contributed by atoms with Crippen LogP contribution >= 0.6 is 0 Å². The van der Waals surface area contributed by atoms with Crippen LogP contribution < -0.4 is 5.43 Å². The Labute approximate surface area is 150 Å². The van der Waals surface area contributed by atoms with Crippen LogP contribution in [0.15, 0.2) is 76.4 Å². The highest BCUT2D eigenvalue weighted by atomic mass is 16.3. The molecule has 2 heterocycles. The zero-order valence-corrected chi connectivity index (χ0v) is 14.5. The van der Waals surface area contributed by atoms with Crippen LogP contribution in [-0.4, -0.2) is 16.2 Å². The fourth-order valence-corrected chi connectivity index (χ4v) is 3.20. The van der Waals surface area contributed by atoms with Crippen LogP contribution in [0, 0.1) is 0 Å². The third-order valence-electron chi connectivity index (χ3n) is 4.47. The van der Waals surface area contributed by atoms with E-state index in [4.69, 9.17) is 4.42 Å². The van der Waals surface area contributed by atoms with Crippen molar-refractivity contribution in [3.63, 3.8) is 0 Å². The van der Waals surface area contributed by atoms with Crippen molar-refractivity contribution in [1.29, 1.82) is 0 Å². The minimum Gasteiger partial charge on any atom is -0.463 e. The monoisotopic (exact) mass is 345 g/mol. The maximum absolute atomic E-state index is 12.2. The van der Waals surface area contributed by atoms with E-state index in [1.165, 1.54) is 10.8 Å². The number of furan rings is 1. The minimum absolute atomic E-state index is 0.127. The lowest BCUT2D eigenvalue weighted by atomic mass is 10.2. The molecule has 0 radical (unpaired) electrons. The molecule has 1 amide bonds. The van der Waals surface area contributed by atoms with Gasteiger partial charge in [0.25, 0.3) is 0 Å². The summed E-state index contributed by atoms with van der Waals surface area (Å²) in [6, 6.07) is 20.1. The molecule has 4 rings (SSSR count). The normalized spacial score (nSPS) is 12.0. The summed E-state index contributed by atoms with van der Waals surface area (Å²) in [5.41, 5.74) is 5.52. The maximum Gasteiger partial charge on any atom is 0.241 e. The number of aryl methyl sites for hydroxylation is 1. The van der Waals surface area contributed by atoms with Gasteiger partial charge < -0.3 is 8.98 Å². The largest absolute Gasteiger partial charge is 0.463 e. The molecule has 0 atom stereocenters. The SMILES string of the molecule is CC(=NNC(=O)CCn1c2ccccc2c2ccccc21)c1ccco1. The van der Waals surface area contributed by atoms with Crippen LogP contribution in [0.1, 0.15) is 19.1 Å². The first-order chi connectivity index (χ1) is 12.7. The molecule has 5 heteroatoms. The van der Waals surface area contributed by atoms with E-state index in [-0.39, 0.29) is 5.91 Å². The number of fused-ring (bicyclic) bond motifs is 3. The van der Waals surface area contributed by atoms with Gasteiger partial charge in [-0.3, -0.25) is 4.79 Å². The van der Waals surface area contributed by atoms with Gasteiger partial charge in [0.2, 0.25) is 5.91 Å². The lowest BCUT2D eigenvalue weighted by molar-refractivity contribution is -0.121. The average Bonchev–Trinajstić information content (AvgIpc) is 3.31. The van der Waals surface area contributed by atoms with Gasteiger partial charge in [0.1, 0.15) is 11.5 Å². The van der Waals surface area contributed by atoms with E-state index in [0.29, 0.717) is 24.4 Å². The van der Waals surface area contributed by atoms with Crippen LogP contribution in [0.5, 0.6) is 0 Å². The Balaban J connectivity index is 1.52. The minimum atomic E-state index is -0.127. The summed E-state index contributed by atoms with van der Waals surface area (Å²) >= 11 is 0. The molecule has 0 fully saturated rings. The highest BCUT2D eigenvalue weighted by Gasteiger charge is 2.11. The molecule has 0 aliphatic rings. The second-order valence-corrected chi connectivity index (χ2v) is 6.15. The van der Waals surface area contributed by atoms with Crippen molar-refractivity contribution in [3.05, 3.63) is 72.7 Å². The van der Waals surface area contributed by atoms with E-state index in [0.717, 1.165) is 11.0 Å². The molecule has 5 nitrogen and oxygen atoms in total. The van der Waals surface area contributed by atoms with Gasteiger partial charge in [0, 0.05) is 34.8 Å². The molecule has 0 aliphatic heterocycles. The molecule has 4 aromatic rings. The van der Waals surface area contributed by atoms with Crippen molar-refractivity contribution < 1.29 is 9.21 Å². The number of carbonyl (C=O) groups is 1. The molecule has 0 unspecified atom stereocenters. The number of nitrogens with one attached hydrogen (secondary N) is 1. The fourth-order valence-electron chi connectivity index (χ4n) is 3.20. The Hall–Kier alpha value is -3.34. The van der Waals surface area contributed by atoms with Crippen LogP contribution in [0.2, 0.25) is 0 Å². The topological polar surface area (TPSA) is 59.5 Å². The van der Waals surface area contributed by atoms with Gasteiger partial charge in [-0.1, -0.05) is 36.4 Å². The van der Waals surface area contributed by atoms with Gasteiger partial charge in [-0.15, -0.1) is 0 Å². The number of amides is 1. The van der Waals surface area contributed by atoms with Crippen molar-refractivity contribution in [2.45, 2.75) is 19.9 Å². The van der Waals surface area contributed by atoms with Crippen LogP contribution in [-0.2, 0) is 11.3 Å². The van der Waals surface area contributed by atoms with Gasteiger partial charge in [-0.2, -0.15) is 5.10 Å². The van der Waals surface area contributed by atoms with Crippen molar-refractivity contribution in [2.24, 2.45) is 5.10 Å². The fraction of sp³-hybridized carbons (Fsp3) is 0.143. The van der Waals surface area contributed by atoms with Crippen LogP contribution in [0.4, 0.5) is 0 Å². The number of rotatable bonds is 5. The Morgan fingerprint density at radius 2 is 1.65 bits per heavy atom. The molecular weight excluding hydrogens is 326 g/mol. The number of hydrazone groups is 1. The second-order valence-electron chi connectivity index (χ2n) is 6.15. The number of hydrogen-bond acceptors (Lipinski definition) is 3. The average molecular weight is 345 g/mol. The lowest BCUT2D eigenvalue weighted by Gasteiger charge is -2.07. The predicted molar refractivity (Wildman–Crippen MR) is 103 cm³/mol. The molecule has 0 aliphatic carbocycles. The predicted octanol–water partition coefficient (Wildman–Crippen LogP) is 4.32. The number of aromatic nitrogens is 1. The molecular formula is C21H19N3O2. The molecule has 0 saturated carbocycles. The Morgan fingerprint density at radius 1 is 1.00 bits per heavy atom. The first-order valence-electron chi connectivity index (χ1n) is 8.57. The highest BCUT2D eigenvalue weighted by Crippen LogP contribution is 2.28. The van der Waals surface area contributed by atoms with Crippen molar-refractivity contribution in [3.8, 4) is 0 Å². The maximum atomic E-state index is 12.2. The number of nitrogens with zero attached hydrogens (tertiary/aromatic N) is 2. The van der Waals surface area contributed by atoms with Gasteiger partial charge in [-0.05, 0) is 31.2 Å². The molecule has 0 spiro atoms. The first-order valence-corrected chi connectivity index (χ1v) is 8.57. The number of carbonyl (C=O) groups excluding carboxylic acids is 1. The van der Waals surface area contributed by atoms with E-state index in [1.54, 1.807) is 19.3 Å². The third kappa shape index (κ3) is 2.99. The molecule has 1 N–H and O–H groups in total. The number of para-hydroxylation sites is 2. The van der Waals surface area contributed by atoms with E-state index in [2.05, 4.69) is 39.4 Å². The molecule has 2 aromatic carbocycles. The highest BCUT2D eigenvalue weighted by molar-refractivity contribution is 6.08. The zero-order chi connectivity index (χ0) is 17.9. The van der Waals surface area contributed by atoms with E-state index >= 15 is 0 Å². The van der Waals surface area contributed by atoms with Gasteiger partial charge in [0.15, 0.2) is 0 Å². The first kappa shape index (κ1) is 16.1. The Kier molecular flexibility index (Phi) is 4.27. The van der Waals surface area contributed by atoms with E-state index < -0.39 is 0 Å². The summed E-state index contributed by atoms with van der Waals surface area (Å²) in [4.78, 5) is 12.2. The third-order valence-corrected chi connectivity index (χ3v) is 4.47. The summed E-state index contributed by atoms with van der Waals surface area (Å²) in [6.07, 6.45) is 1.93. The summed E-state index contributed by atoms with van der Waals surface area (Å²) in [5, 5.41) is 6.51. The van der Waals surface area contributed by atoms with E-state index in [1.807, 2.05) is 30.3 Å². The van der Waals surface area contributed by atoms with Crippen LogP contribution in [0.3, 0.4) is 0 Å². The molecule has 26 heavy (non-hydrogen) atoms. The zero-order valence-electron chi connectivity index (χ0n) is 14.5. The van der Waals surface area contributed by atoms with E-state index in [9.17, 15) is 4.79 Å². The molecule has 0 bridgehead atoms. The Bertz CT molecular complexity index is 1040. The van der Waals surface area contributed by atoms with Crippen LogP contribution in [0.25, 0.3) is 21.8 Å². The smallest absolute Gasteiger partial charge is 0.241 e. The summed E-state index contributed by atoms with van der Waals surface area (Å²) in [6.45, 7) is 2.39. The van der Waals surface area contributed by atoms with Gasteiger partial charge in [0.05, 0.1) is 6.26 Å². The van der Waals surface area contributed by atoms with Gasteiger partial charge >= 0.3 is 0 Å². The number of benzene rings is 2. The van der Waals surface area contributed by atoms with Crippen molar-refractivity contribution in [1.82, 2.24) is 9.99 Å².